The van der Waals surface area contributed by atoms with Crippen LogP contribution in [-0.4, -0.2) is 18.0 Å². The van der Waals surface area contributed by atoms with Crippen LogP contribution in [0.4, 0.5) is 0 Å². The molecule has 0 aromatic heterocycles. The van der Waals surface area contributed by atoms with Gasteiger partial charge in [-0.05, 0) is 37.0 Å². The lowest BCUT2D eigenvalue weighted by Gasteiger charge is -2.31. The fourth-order valence-electron chi connectivity index (χ4n) is 2.33. The second-order valence-electron chi connectivity index (χ2n) is 5.79. The third kappa shape index (κ3) is 4.97. The molecule has 1 unspecified atom stereocenters. The summed E-state index contributed by atoms with van der Waals surface area (Å²) in [7, 11) is 0. The van der Waals surface area contributed by atoms with E-state index >= 15 is 0 Å². The lowest BCUT2D eigenvalue weighted by molar-refractivity contribution is -0.122. The molecule has 0 aliphatic carbocycles. The van der Waals surface area contributed by atoms with Crippen LogP contribution in [0, 0.1) is 5.92 Å². The van der Waals surface area contributed by atoms with Crippen molar-refractivity contribution >= 4 is 29.1 Å². The first-order chi connectivity index (χ1) is 9.27. The van der Waals surface area contributed by atoms with E-state index in [1.54, 1.807) is 18.2 Å². The molecule has 0 spiro atoms. The van der Waals surface area contributed by atoms with Crippen molar-refractivity contribution in [1.29, 1.82) is 0 Å². The Morgan fingerprint density at radius 1 is 1.35 bits per heavy atom. The molecule has 1 amide bonds. The maximum atomic E-state index is 12.2. The zero-order valence-corrected chi connectivity index (χ0v) is 13.7. The number of rotatable bonds is 6. The predicted octanol–water partition coefficient (Wildman–Crippen LogP) is 3.42. The van der Waals surface area contributed by atoms with Crippen molar-refractivity contribution in [1.82, 2.24) is 5.32 Å². The van der Waals surface area contributed by atoms with E-state index in [1.807, 2.05) is 6.92 Å². The molecule has 0 bridgehead atoms. The monoisotopic (exact) mass is 316 g/mol. The molecule has 0 radical (unpaired) electrons. The van der Waals surface area contributed by atoms with E-state index in [1.165, 1.54) is 0 Å². The summed E-state index contributed by atoms with van der Waals surface area (Å²) in [5.74, 6) is 0.335. The van der Waals surface area contributed by atoms with Gasteiger partial charge < -0.3 is 11.1 Å². The average molecular weight is 317 g/mol. The van der Waals surface area contributed by atoms with Crippen LogP contribution in [-0.2, 0) is 11.2 Å². The lowest BCUT2D eigenvalue weighted by atomic mass is 9.90. The molecule has 1 aromatic rings. The van der Waals surface area contributed by atoms with Gasteiger partial charge in [-0.3, -0.25) is 4.79 Å². The van der Waals surface area contributed by atoms with Crippen LogP contribution >= 0.6 is 23.2 Å². The van der Waals surface area contributed by atoms with Gasteiger partial charge in [0.05, 0.1) is 6.42 Å². The second-order valence-corrected chi connectivity index (χ2v) is 6.60. The molecule has 0 saturated heterocycles. The number of benzene rings is 1. The summed E-state index contributed by atoms with van der Waals surface area (Å²) in [6, 6.07) is 5.22. The van der Waals surface area contributed by atoms with Crippen molar-refractivity contribution in [2.45, 2.75) is 39.2 Å². The Morgan fingerprint density at radius 3 is 2.35 bits per heavy atom. The SMILES string of the molecule is CC(C)CC(C)(CN)NC(=O)Cc1c(Cl)cccc1Cl. The predicted molar refractivity (Wildman–Crippen MR) is 85.2 cm³/mol. The molecule has 1 aromatic carbocycles. The summed E-state index contributed by atoms with van der Waals surface area (Å²) >= 11 is 12.1. The van der Waals surface area contributed by atoms with Gasteiger partial charge in [0.25, 0.3) is 0 Å². The number of carbonyl (C=O) groups is 1. The van der Waals surface area contributed by atoms with Crippen molar-refractivity contribution in [3.63, 3.8) is 0 Å². The van der Waals surface area contributed by atoms with Crippen LogP contribution < -0.4 is 11.1 Å². The number of halogens is 2. The Labute approximate surface area is 130 Å². The van der Waals surface area contributed by atoms with Crippen LogP contribution in [0.15, 0.2) is 18.2 Å². The molecule has 20 heavy (non-hydrogen) atoms. The first-order valence-electron chi connectivity index (χ1n) is 6.71. The highest BCUT2D eigenvalue weighted by Gasteiger charge is 2.26. The van der Waals surface area contributed by atoms with Gasteiger partial charge in [-0.15, -0.1) is 0 Å². The maximum absolute atomic E-state index is 12.2. The van der Waals surface area contributed by atoms with Gasteiger partial charge >= 0.3 is 0 Å². The highest BCUT2D eigenvalue weighted by atomic mass is 35.5. The largest absolute Gasteiger partial charge is 0.349 e. The number of hydrogen-bond acceptors (Lipinski definition) is 2. The number of hydrogen-bond donors (Lipinski definition) is 2. The van der Waals surface area contributed by atoms with Crippen molar-refractivity contribution in [2.75, 3.05) is 6.54 Å². The molecule has 1 rings (SSSR count). The molecular formula is C15H22Cl2N2O. The van der Waals surface area contributed by atoms with E-state index in [2.05, 4.69) is 19.2 Å². The van der Waals surface area contributed by atoms with Crippen molar-refractivity contribution in [3.05, 3.63) is 33.8 Å². The standard InChI is InChI=1S/C15H22Cl2N2O/c1-10(2)8-15(3,9-18)19-14(20)7-11-12(16)5-4-6-13(11)17/h4-6,10H,7-9,18H2,1-3H3,(H,19,20). The van der Waals surface area contributed by atoms with Crippen LogP contribution in [0.5, 0.6) is 0 Å². The first-order valence-corrected chi connectivity index (χ1v) is 7.47. The normalized spacial score (nSPS) is 14.2. The molecule has 0 saturated carbocycles. The smallest absolute Gasteiger partial charge is 0.224 e. The Kier molecular flexibility index (Phi) is 6.31. The van der Waals surface area contributed by atoms with Gasteiger partial charge in [0.15, 0.2) is 0 Å². The zero-order valence-electron chi connectivity index (χ0n) is 12.2. The Morgan fingerprint density at radius 2 is 1.90 bits per heavy atom. The molecule has 5 heteroatoms. The number of nitrogens with two attached hydrogens (primary N) is 1. The third-order valence-corrected chi connectivity index (χ3v) is 3.86. The van der Waals surface area contributed by atoms with Gasteiger partial charge in [0.1, 0.15) is 0 Å². The maximum Gasteiger partial charge on any atom is 0.224 e. The molecule has 0 heterocycles. The molecule has 0 aliphatic heterocycles. The average Bonchev–Trinajstić information content (AvgIpc) is 2.33. The van der Waals surface area contributed by atoms with E-state index in [0.29, 0.717) is 28.1 Å². The van der Waals surface area contributed by atoms with E-state index in [9.17, 15) is 4.79 Å². The number of amides is 1. The molecule has 0 aliphatic rings. The Balaban J connectivity index is 2.76. The Bertz CT molecular complexity index is 457. The second kappa shape index (κ2) is 7.30. The van der Waals surface area contributed by atoms with Gasteiger partial charge in [0.2, 0.25) is 5.91 Å². The summed E-state index contributed by atoms with van der Waals surface area (Å²) in [5.41, 5.74) is 6.04. The minimum Gasteiger partial charge on any atom is -0.349 e. The van der Waals surface area contributed by atoms with Crippen LogP contribution in [0.3, 0.4) is 0 Å². The van der Waals surface area contributed by atoms with Crippen molar-refractivity contribution < 1.29 is 4.79 Å². The van der Waals surface area contributed by atoms with E-state index in [0.717, 1.165) is 6.42 Å². The first kappa shape index (κ1) is 17.3. The van der Waals surface area contributed by atoms with Gasteiger partial charge in [-0.2, -0.15) is 0 Å². The van der Waals surface area contributed by atoms with Crippen LogP contribution in [0.25, 0.3) is 0 Å². The summed E-state index contributed by atoms with van der Waals surface area (Å²) < 4.78 is 0. The number of carbonyl (C=O) groups excluding carboxylic acids is 1. The molecule has 0 fully saturated rings. The van der Waals surface area contributed by atoms with Crippen molar-refractivity contribution in [2.24, 2.45) is 11.7 Å². The zero-order chi connectivity index (χ0) is 15.3. The fraction of sp³-hybridized carbons (Fsp3) is 0.533. The molecule has 1 atom stereocenters. The third-order valence-electron chi connectivity index (χ3n) is 3.15. The summed E-state index contributed by atoms with van der Waals surface area (Å²) in [6.45, 7) is 6.56. The van der Waals surface area contributed by atoms with Gasteiger partial charge in [-0.1, -0.05) is 43.1 Å². The molecule has 3 nitrogen and oxygen atoms in total. The van der Waals surface area contributed by atoms with Crippen LogP contribution in [0.2, 0.25) is 10.0 Å². The fourth-order valence-corrected chi connectivity index (χ4v) is 2.86. The van der Waals surface area contributed by atoms with E-state index < -0.39 is 5.54 Å². The highest BCUT2D eigenvalue weighted by Crippen LogP contribution is 2.25. The molecule has 3 N–H and O–H groups in total. The summed E-state index contributed by atoms with van der Waals surface area (Å²) in [5, 5.41) is 4.01. The van der Waals surface area contributed by atoms with Gasteiger partial charge in [0, 0.05) is 22.1 Å². The molecule has 112 valence electrons. The van der Waals surface area contributed by atoms with Crippen molar-refractivity contribution in [3.8, 4) is 0 Å². The Hall–Kier alpha value is -0.770. The number of nitrogens with one attached hydrogen (secondary N) is 1. The molecular weight excluding hydrogens is 295 g/mol. The quantitative estimate of drug-likeness (QED) is 0.845. The van der Waals surface area contributed by atoms with Gasteiger partial charge in [-0.25, -0.2) is 0 Å². The van der Waals surface area contributed by atoms with E-state index in [-0.39, 0.29) is 12.3 Å². The van der Waals surface area contributed by atoms with Crippen LogP contribution in [0.1, 0.15) is 32.8 Å². The summed E-state index contributed by atoms with van der Waals surface area (Å²) in [6.07, 6.45) is 0.984. The minimum atomic E-state index is -0.404. The topological polar surface area (TPSA) is 55.1 Å². The lowest BCUT2D eigenvalue weighted by Crippen LogP contribution is -2.52. The summed E-state index contributed by atoms with van der Waals surface area (Å²) in [4.78, 5) is 12.2. The van der Waals surface area contributed by atoms with E-state index in [4.69, 9.17) is 28.9 Å². The highest BCUT2D eigenvalue weighted by molar-refractivity contribution is 6.36. The minimum absolute atomic E-state index is 0.117.